The smallest absolute Gasteiger partial charge is 0.274 e. The molecule has 0 spiro atoms. The van der Waals surface area contributed by atoms with E-state index in [1.807, 2.05) is 24.3 Å². The molecular weight excluding hydrogens is 352 g/mol. The summed E-state index contributed by atoms with van der Waals surface area (Å²) in [5.41, 5.74) is 1.93. The average Bonchev–Trinajstić information content (AvgIpc) is 2.67. The van der Waals surface area contributed by atoms with Crippen LogP contribution in [0, 0.1) is 0 Å². The van der Waals surface area contributed by atoms with Crippen LogP contribution in [0.2, 0.25) is 5.02 Å². The molecular formula is C19H17ClN4O2. The van der Waals surface area contributed by atoms with E-state index in [-0.39, 0.29) is 11.6 Å². The van der Waals surface area contributed by atoms with Crippen molar-refractivity contribution in [2.24, 2.45) is 0 Å². The van der Waals surface area contributed by atoms with Gasteiger partial charge in [-0.15, -0.1) is 0 Å². The van der Waals surface area contributed by atoms with Gasteiger partial charge in [-0.2, -0.15) is 0 Å². The van der Waals surface area contributed by atoms with Crippen molar-refractivity contribution < 1.29 is 9.53 Å². The van der Waals surface area contributed by atoms with Crippen LogP contribution in [0.25, 0.3) is 0 Å². The normalized spacial score (nSPS) is 10.2. The second-order valence-electron chi connectivity index (χ2n) is 5.45. The van der Waals surface area contributed by atoms with Crippen molar-refractivity contribution in [2.75, 3.05) is 17.7 Å². The van der Waals surface area contributed by atoms with Gasteiger partial charge < -0.3 is 15.4 Å². The van der Waals surface area contributed by atoms with Crippen LogP contribution in [0.15, 0.2) is 60.9 Å². The summed E-state index contributed by atoms with van der Waals surface area (Å²) in [6.07, 6.45) is 1.35. The number of anilines is 2. The van der Waals surface area contributed by atoms with E-state index in [0.29, 0.717) is 23.1 Å². The zero-order chi connectivity index (χ0) is 18.4. The van der Waals surface area contributed by atoms with Gasteiger partial charge in [0.15, 0.2) is 0 Å². The summed E-state index contributed by atoms with van der Waals surface area (Å²) in [4.78, 5) is 20.5. The monoisotopic (exact) mass is 368 g/mol. The summed E-state index contributed by atoms with van der Waals surface area (Å²) in [5.74, 6) is 1.03. The van der Waals surface area contributed by atoms with Gasteiger partial charge in [0.25, 0.3) is 5.91 Å². The maximum Gasteiger partial charge on any atom is 0.274 e. The summed E-state index contributed by atoms with van der Waals surface area (Å²) in [6.45, 7) is 0.566. The zero-order valence-electron chi connectivity index (χ0n) is 14.1. The summed E-state index contributed by atoms with van der Waals surface area (Å²) in [5, 5.41) is 6.48. The highest BCUT2D eigenvalue weighted by atomic mass is 35.5. The Hall–Kier alpha value is -3.12. The Morgan fingerprint density at radius 2 is 1.92 bits per heavy atom. The van der Waals surface area contributed by atoms with Crippen LogP contribution >= 0.6 is 11.6 Å². The molecule has 6 nitrogen and oxygen atoms in total. The first-order valence-corrected chi connectivity index (χ1v) is 8.27. The second kappa shape index (κ2) is 8.31. The van der Waals surface area contributed by atoms with E-state index < -0.39 is 0 Å². The number of nitrogens with zero attached hydrogens (tertiary/aromatic N) is 2. The number of ether oxygens (including phenoxy) is 1. The Balaban J connectivity index is 1.64. The predicted octanol–water partition coefficient (Wildman–Crippen LogP) is 4.00. The molecule has 2 aromatic carbocycles. The lowest BCUT2D eigenvalue weighted by atomic mass is 10.2. The van der Waals surface area contributed by atoms with E-state index in [1.165, 1.54) is 6.33 Å². The molecule has 0 radical (unpaired) electrons. The lowest BCUT2D eigenvalue weighted by Crippen LogP contribution is -2.14. The molecule has 132 valence electrons. The molecule has 0 fully saturated rings. The number of nitrogens with one attached hydrogen (secondary N) is 2. The van der Waals surface area contributed by atoms with Crippen molar-refractivity contribution in [2.45, 2.75) is 6.54 Å². The van der Waals surface area contributed by atoms with Gasteiger partial charge in [-0.1, -0.05) is 29.8 Å². The van der Waals surface area contributed by atoms with Crippen molar-refractivity contribution in [3.63, 3.8) is 0 Å². The lowest BCUT2D eigenvalue weighted by molar-refractivity contribution is 0.102. The molecule has 1 amide bonds. The molecule has 2 N–H and O–H groups in total. The van der Waals surface area contributed by atoms with Gasteiger partial charge in [-0.3, -0.25) is 4.79 Å². The van der Waals surface area contributed by atoms with Crippen LogP contribution in [-0.4, -0.2) is 23.0 Å². The Morgan fingerprint density at radius 3 is 2.65 bits per heavy atom. The molecule has 0 saturated carbocycles. The third-order valence-electron chi connectivity index (χ3n) is 3.61. The van der Waals surface area contributed by atoms with E-state index in [9.17, 15) is 4.79 Å². The fraction of sp³-hybridized carbons (Fsp3) is 0.105. The molecule has 0 atom stereocenters. The van der Waals surface area contributed by atoms with Crippen LogP contribution in [0.3, 0.4) is 0 Å². The van der Waals surface area contributed by atoms with Gasteiger partial charge in [0, 0.05) is 23.3 Å². The third-order valence-corrected chi connectivity index (χ3v) is 3.85. The molecule has 1 aromatic heterocycles. The second-order valence-corrected chi connectivity index (χ2v) is 5.89. The van der Waals surface area contributed by atoms with Gasteiger partial charge in [0.2, 0.25) is 0 Å². The first-order valence-electron chi connectivity index (χ1n) is 7.90. The molecule has 0 unspecified atom stereocenters. The van der Waals surface area contributed by atoms with E-state index in [4.69, 9.17) is 16.3 Å². The number of carbonyl (C=O) groups is 1. The minimum atomic E-state index is -0.331. The number of carbonyl (C=O) groups excluding carboxylic acids is 1. The van der Waals surface area contributed by atoms with Gasteiger partial charge in [-0.25, -0.2) is 9.97 Å². The maximum atomic E-state index is 12.3. The highest BCUT2D eigenvalue weighted by molar-refractivity contribution is 6.30. The molecule has 7 heteroatoms. The van der Waals surface area contributed by atoms with E-state index in [2.05, 4.69) is 20.6 Å². The Kier molecular flexibility index (Phi) is 5.66. The standard InChI is InChI=1S/C19H17ClN4O2/c1-26-16-7-5-13(6-8-16)11-21-18-10-17(22-12-23-18)19(25)24-15-4-2-3-14(20)9-15/h2-10,12H,11H2,1H3,(H,24,25)(H,21,22,23). The van der Waals surface area contributed by atoms with Crippen molar-refractivity contribution in [1.82, 2.24) is 9.97 Å². The summed E-state index contributed by atoms with van der Waals surface area (Å²) in [7, 11) is 1.63. The zero-order valence-corrected chi connectivity index (χ0v) is 14.8. The molecule has 0 bridgehead atoms. The van der Waals surface area contributed by atoms with Crippen LogP contribution in [-0.2, 0) is 6.54 Å². The lowest BCUT2D eigenvalue weighted by Gasteiger charge is -2.08. The first-order chi connectivity index (χ1) is 12.6. The number of amides is 1. The topological polar surface area (TPSA) is 76.1 Å². The van der Waals surface area contributed by atoms with Gasteiger partial charge in [0.05, 0.1) is 7.11 Å². The van der Waals surface area contributed by atoms with Crippen molar-refractivity contribution >= 4 is 29.0 Å². The largest absolute Gasteiger partial charge is 0.497 e. The molecule has 3 aromatic rings. The third kappa shape index (κ3) is 4.70. The van der Waals surface area contributed by atoms with Gasteiger partial charge >= 0.3 is 0 Å². The van der Waals surface area contributed by atoms with E-state index >= 15 is 0 Å². The van der Waals surface area contributed by atoms with Crippen molar-refractivity contribution in [3.05, 3.63) is 77.2 Å². The average molecular weight is 369 g/mol. The highest BCUT2D eigenvalue weighted by Crippen LogP contribution is 2.16. The van der Waals surface area contributed by atoms with Crippen LogP contribution < -0.4 is 15.4 Å². The van der Waals surface area contributed by atoms with Crippen LogP contribution in [0.1, 0.15) is 16.1 Å². The Morgan fingerprint density at radius 1 is 1.12 bits per heavy atom. The van der Waals surface area contributed by atoms with E-state index in [1.54, 1.807) is 37.4 Å². The van der Waals surface area contributed by atoms with Crippen LogP contribution in [0.5, 0.6) is 5.75 Å². The number of methoxy groups -OCH3 is 1. The molecule has 0 aliphatic heterocycles. The minimum Gasteiger partial charge on any atom is -0.497 e. The number of rotatable bonds is 6. The SMILES string of the molecule is COc1ccc(CNc2cc(C(=O)Nc3cccc(Cl)c3)ncn2)cc1. The summed E-state index contributed by atoms with van der Waals surface area (Å²) < 4.78 is 5.14. The molecule has 0 aliphatic rings. The fourth-order valence-corrected chi connectivity index (χ4v) is 2.47. The van der Waals surface area contributed by atoms with Gasteiger partial charge in [0.1, 0.15) is 23.6 Å². The number of aromatic nitrogens is 2. The van der Waals surface area contributed by atoms with Crippen molar-refractivity contribution in [1.29, 1.82) is 0 Å². The van der Waals surface area contributed by atoms with Crippen molar-refractivity contribution in [3.8, 4) is 5.75 Å². The maximum absolute atomic E-state index is 12.3. The Bertz CT molecular complexity index is 900. The quantitative estimate of drug-likeness (QED) is 0.687. The molecule has 0 aliphatic carbocycles. The number of halogens is 1. The predicted molar refractivity (Wildman–Crippen MR) is 102 cm³/mol. The molecule has 26 heavy (non-hydrogen) atoms. The highest BCUT2D eigenvalue weighted by Gasteiger charge is 2.09. The van der Waals surface area contributed by atoms with Gasteiger partial charge in [-0.05, 0) is 35.9 Å². The number of benzene rings is 2. The Labute approximate surface area is 156 Å². The number of hydrogen-bond donors (Lipinski definition) is 2. The molecule has 0 saturated heterocycles. The fourth-order valence-electron chi connectivity index (χ4n) is 2.28. The minimum absolute atomic E-state index is 0.261. The molecule has 1 heterocycles. The summed E-state index contributed by atoms with van der Waals surface area (Å²) in [6, 6.07) is 16.2. The first kappa shape index (κ1) is 17.7. The van der Waals surface area contributed by atoms with E-state index in [0.717, 1.165) is 11.3 Å². The van der Waals surface area contributed by atoms with Crippen LogP contribution in [0.4, 0.5) is 11.5 Å². The molecule has 3 rings (SSSR count). The summed E-state index contributed by atoms with van der Waals surface area (Å²) >= 11 is 5.92. The number of hydrogen-bond acceptors (Lipinski definition) is 5.